The Kier molecular flexibility index (Phi) is 3.13. The lowest BCUT2D eigenvalue weighted by Gasteiger charge is -2.04. The largest absolute Gasteiger partial charge is 0.290 e. The minimum absolute atomic E-state index is 0.278. The fourth-order valence-electron chi connectivity index (χ4n) is 0.957. The molecule has 3 nitrogen and oxygen atoms in total. The summed E-state index contributed by atoms with van der Waals surface area (Å²) in [5.74, 6) is 5.26. The highest BCUT2D eigenvalue weighted by Gasteiger charge is 2.06. The third-order valence-corrected chi connectivity index (χ3v) is 1.90. The standard InChI is InChI=1S/C8H10N2OS/c9-10-8(11)7-4-2-1-3-6(7)5-12/h1-4,12H,5,9H2,(H,10,11). The fourth-order valence-corrected chi connectivity index (χ4v) is 1.23. The van der Waals surface area contributed by atoms with Crippen molar-refractivity contribution in [1.82, 2.24) is 5.43 Å². The molecule has 12 heavy (non-hydrogen) atoms. The molecule has 0 fully saturated rings. The van der Waals surface area contributed by atoms with Crippen molar-refractivity contribution in [3.63, 3.8) is 0 Å². The molecule has 0 saturated carbocycles. The zero-order valence-corrected chi connectivity index (χ0v) is 7.34. The number of nitrogens with two attached hydrogens (primary N) is 1. The van der Waals surface area contributed by atoms with Crippen molar-refractivity contribution in [2.45, 2.75) is 5.75 Å². The predicted octanol–water partition coefficient (Wildman–Crippen LogP) is 0.720. The van der Waals surface area contributed by atoms with Crippen LogP contribution < -0.4 is 11.3 Å². The SMILES string of the molecule is NNC(=O)c1ccccc1CS. The molecule has 64 valence electrons. The molecule has 0 unspecified atom stereocenters. The van der Waals surface area contributed by atoms with Gasteiger partial charge in [-0.25, -0.2) is 5.84 Å². The van der Waals surface area contributed by atoms with E-state index in [-0.39, 0.29) is 5.91 Å². The van der Waals surface area contributed by atoms with Crippen LogP contribution in [0.1, 0.15) is 15.9 Å². The van der Waals surface area contributed by atoms with E-state index in [4.69, 9.17) is 5.84 Å². The maximum Gasteiger partial charge on any atom is 0.265 e. The Balaban J connectivity index is 3.04. The third-order valence-electron chi connectivity index (χ3n) is 1.56. The van der Waals surface area contributed by atoms with E-state index in [2.05, 4.69) is 18.1 Å². The Labute approximate surface area is 76.3 Å². The minimum Gasteiger partial charge on any atom is -0.290 e. The number of hydrogen-bond donors (Lipinski definition) is 3. The van der Waals surface area contributed by atoms with Gasteiger partial charge in [-0.15, -0.1) is 0 Å². The summed E-state index contributed by atoms with van der Waals surface area (Å²) in [6.45, 7) is 0. The van der Waals surface area contributed by atoms with Crippen LogP contribution >= 0.6 is 12.6 Å². The summed E-state index contributed by atoms with van der Waals surface area (Å²) in [5, 5.41) is 0. The van der Waals surface area contributed by atoms with Crippen molar-refractivity contribution in [2.75, 3.05) is 0 Å². The fraction of sp³-hybridized carbons (Fsp3) is 0.125. The van der Waals surface area contributed by atoms with Gasteiger partial charge in [-0.1, -0.05) is 18.2 Å². The van der Waals surface area contributed by atoms with E-state index in [1.807, 2.05) is 12.1 Å². The number of benzene rings is 1. The third kappa shape index (κ3) is 1.78. The first-order valence-electron chi connectivity index (χ1n) is 3.49. The first-order valence-corrected chi connectivity index (χ1v) is 4.12. The van der Waals surface area contributed by atoms with Gasteiger partial charge in [-0.3, -0.25) is 10.2 Å². The van der Waals surface area contributed by atoms with Gasteiger partial charge in [0, 0.05) is 11.3 Å². The van der Waals surface area contributed by atoms with Gasteiger partial charge in [0.1, 0.15) is 0 Å². The second kappa shape index (κ2) is 4.13. The Morgan fingerprint density at radius 1 is 1.50 bits per heavy atom. The molecule has 1 aromatic carbocycles. The van der Waals surface area contributed by atoms with Gasteiger partial charge in [-0.2, -0.15) is 12.6 Å². The first-order chi connectivity index (χ1) is 5.79. The van der Waals surface area contributed by atoms with Crippen LogP contribution in [0.4, 0.5) is 0 Å². The molecule has 0 radical (unpaired) electrons. The molecule has 4 heteroatoms. The molecular formula is C8H10N2OS. The van der Waals surface area contributed by atoms with Crippen LogP contribution in [0.2, 0.25) is 0 Å². The first kappa shape index (κ1) is 9.09. The summed E-state index contributed by atoms with van der Waals surface area (Å²) in [4.78, 5) is 11.1. The van der Waals surface area contributed by atoms with Gasteiger partial charge >= 0.3 is 0 Å². The highest BCUT2D eigenvalue weighted by Crippen LogP contribution is 2.10. The van der Waals surface area contributed by atoms with Gasteiger partial charge in [0.2, 0.25) is 0 Å². The van der Waals surface area contributed by atoms with E-state index in [1.165, 1.54) is 0 Å². The average molecular weight is 182 g/mol. The normalized spacial score (nSPS) is 9.50. The zero-order valence-electron chi connectivity index (χ0n) is 6.45. The van der Waals surface area contributed by atoms with Gasteiger partial charge < -0.3 is 0 Å². The number of carbonyl (C=O) groups is 1. The van der Waals surface area contributed by atoms with Crippen molar-refractivity contribution in [3.05, 3.63) is 35.4 Å². The van der Waals surface area contributed by atoms with Crippen molar-refractivity contribution < 1.29 is 4.79 Å². The van der Waals surface area contributed by atoms with Gasteiger partial charge in [0.05, 0.1) is 0 Å². The summed E-state index contributed by atoms with van der Waals surface area (Å²) < 4.78 is 0. The lowest BCUT2D eigenvalue weighted by molar-refractivity contribution is 0.0953. The van der Waals surface area contributed by atoms with Crippen LogP contribution in [0.15, 0.2) is 24.3 Å². The zero-order chi connectivity index (χ0) is 8.97. The predicted molar refractivity (Wildman–Crippen MR) is 50.8 cm³/mol. The van der Waals surface area contributed by atoms with E-state index >= 15 is 0 Å². The summed E-state index contributed by atoms with van der Waals surface area (Å²) in [6, 6.07) is 7.21. The van der Waals surface area contributed by atoms with Crippen LogP contribution in [0.3, 0.4) is 0 Å². The molecule has 1 aromatic rings. The molecule has 0 spiro atoms. The highest BCUT2D eigenvalue weighted by molar-refractivity contribution is 7.79. The van der Waals surface area contributed by atoms with Gasteiger partial charge in [0.25, 0.3) is 5.91 Å². The van der Waals surface area contributed by atoms with Gasteiger partial charge in [0.15, 0.2) is 0 Å². The van der Waals surface area contributed by atoms with Gasteiger partial charge in [-0.05, 0) is 11.6 Å². The van der Waals surface area contributed by atoms with Crippen LogP contribution in [0.5, 0.6) is 0 Å². The molecule has 1 rings (SSSR count). The number of thiol groups is 1. The smallest absolute Gasteiger partial charge is 0.265 e. The Hall–Kier alpha value is -1.00. The number of carbonyl (C=O) groups excluding carboxylic acids is 1. The summed E-state index contributed by atoms with van der Waals surface area (Å²) >= 11 is 4.09. The number of hydrazine groups is 1. The maximum absolute atomic E-state index is 11.1. The van der Waals surface area contributed by atoms with E-state index < -0.39 is 0 Å². The highest BCUT2D eigenvalue weighted by atomic mass is 32.1. The lowest BCUT2D eigenvalue weighted by Crippen LogP contribution is -2.30. The lowest BCUT2D eigenvalue weighted by atomic mass is 10.1. The quantitative estimate of drug-likeness (QED) is 0.273. The van der Waals surface area contributed by atoms with Crippen molar-refractivity contribution in [2.24, 2.45) is 5.84 Å². The molecular weight excluding hydrogens is 172 g/mol. The molecule has 0 saturated heterocycles. The molecule has 1 amide bonds. The summed E-state index contributed by atoms with van der Waals surface area (Å²) in [5.41, 5.74) is 3.54. The summed E-state index contributed by atoms with van der Waals surface area (Å²) in [6.07, 6.45) is 0. The molecule has 3 N–H and O–H groups in total. The van der Waals surface area contributed by atoms with Crippen molar-refractivity contribution in [3.8, 4) is 0 Å². The average Bonchev–Trinajstić information content (AvgIpc) is 2.16. The number of rotatable bonds is 2. The second-order valence-corrected chi connectivity index (χ2v) is 2.60. The summed E-state index contributed by atoms with van der Waals surface area (Å²) in [7, 11) is 0. The molecule has 0 aliphatic rings. The monoisotopic (exact) mass is 182 g/mol. The van der Waals surface area contributed by atoms with E-state index in [0.29, 0.717) is 11.3 Å². The molecule has 0 heterocycles. The van der Waals surface area contributed by atoms with Crippen LogP contribution in [0, 0.1) is 0 Å². The number of nitrogens with one attached hydrogen (secondary N) is 1. The van der Waals surface area contributed by atoms with Crippen LogP contribution in [-0.2, 0) is 5.75 Å². The Morgan fingerprint density at radius 2 is 2.17 bits per heavy atom. The molecule has 0 atom stereocenters. The Morgan fingerprint density at radius 3 is 2.75 bits per heavy atom. The number of amides is 1. The van der Waals surface area contributed by atoms with E-state index in [9.17, 15) is 4.79 Å². The van der Waals surface area contributed by atoms with Crippen molar-refractivity contribution in [1.29, 1.82) is 0 Å². The molecule has 0 aromatic heterocycles. The van der Waals surface area contributed by atoms with Crippen LogP contribution in [0.25, 0.3) is 0 Å². The number of nitrogen functional groups attached to an aromatic ring is 1. The van der Waals surface area contributed by atoms with Crippen LogP contribution in [-0.4, -0.2) is 5.91 Å². The Bertz CT molecular complexity index is 288. The van der Waals surface area contributed by atoms with Crippen molar-refractivity contribution >= 4 is 18.5 Å². The second-order valence-electron chi connectivity index (χ2n) is 2.29. The topological polar surface area (TPSA) is 55.1 Å². The minimum atomic E-state index is -0.278. The maximum atomic E-state index is 11.1. The molecule has 0 aliphatic carbocycles. The van der Waals surface area contributed by atoms with E-state index in [1.54, 1.807) is 12.1 Å². The number of hydrogen-bond acceptors (Lipinski definition) is 3. The molecule has 0 aliphatic heterocycles. The van der Waals surface area contributed by atoms with E-state index in [0.717, 1.165) is 5.56 Å². The molecule has 0 bridgehead atoms.